The van der Waals surface area contributed by atoms with Gasteiger partial charge in [-0.3, -0.25) is 0 Å². The van der Waals surface area contributed by atoms with Crippen molar-refractivity contribution in [1.29, 1.82) is 0 Å². The fraction of sp³-hybridized carbons (Fsp3) is 1.00. The van der Waals surface area contributed by atoms with Crippen molar-refractivity contribution >= 4 is 7.85 Å². The second kappa shape index (κ2) is 3.22. The van der Waals surface area contributed by atoms with E-state index >= 15 is 0 Å². The van der Waals surface area contributed by atoms with Crippen LogP contribution in [-0.4, -0.2) is 20.8 Å². The highest BCUT2D eigenvalue weighted by atomic mass is 14.8. The largest absolute Gasteiger partial charge is 0.325 e. The topological polar surface area (TPSA) is 12.0 Å². The quantitative estimate of drug-likeness (QED) is 0.449. The summed E-state index contributed by atoms with van der Waals surface area (Å²) >= 11 is 0. The number of rotatable bonds is 2. The molecule has 0 aromatic carbocycles. The van der Waals surface area contributed by atoms with E-state index < -0.39 is 0 Å². The van der Waals surface area contributed by atoms with Crippen molar-refractivity contribution in [2.24, 2.45) is 0 Å². The highest BCUT2D eigenvalue weighted by Crippen LogP contribution is 1.77. The van der Waals surface area contributed by atoms with Crippen LogP contribution in [0.4, 0.5) is 0 Å². The Balaban J connectivity index is 2.75. The van der Waals surface area contributed by atoms with Crippen LogP contribution in [0.25, 0.3) is 0 Å². The van der Waals surface area contributed by atoms with E-state index in [-0.39, 0.29) is 0 Å². The maximum absolute atomic E-state index is 3.11. The van der Waals surface area contributed by atoms with Crippen LogP contribution in [0, 0.1) is 0 Å². The first kappa shape index (κ1) is 6.02. The fourth-order valence-electron chi connectivity index (χ4n) is 0.204. The van der Waals surface area contributed by atoms with Gasteiger partial charge in [-0.15, -0.1) is 0 Å². The molecule has 0 heterocycles. The molecule has 1 atom stereocenters. The van der Waals surface area contributed by atoms with E-state index in [4.69, 9.17) is 0 Å². The van der Waals surface area contributed by atoms with Gasteiger partial charge < -0.3 is 5.32 Å². The highest BCUT2D eigenvalue weighted by molar-refractivity contribution is 6.11. The van der Waals surface area contributed by atoms with E-state index in [9.17, 15) is 0 Å². The molecule has 0 bridgehead atoms. The Hall–Kier alpha value is 0.0249. The van der Waals surface area contributed by atoms with Gasteiger partial charge in [-0.25, -0.2) is 0 Å². The van der Waals surface area contributed by atoms with E-state index in [1.807, 2.05) is 7.05 Å². The second-order valence-electron chi connectivity index (χ2n) is 1.60. The van der Waals surface area contributed by atoms with Gasteiger partial charge in [0.1, 0.15) is 7.85 Å². The van der Waals surface area contributed by atoms with Crippen molar-refractivity contribution in [3.63, 3.8) is 0 Å². The van der Waals surface area contributed by atoms with Crippen LogP contribution in [0.5, 0.6) is 0 Å². The standard InChI is InChI=1S/C4H12BN/c1-3-4(5)6-2/h4,6H,3,5H2,1-2H3. The SMILES string of the molecule is BC(CC)NC. The molecule has 0 fully saturated rings. The first-order chi connectivity index (χ1) is 2.81. The third kappa shape index (κ3) is 2.27. The molecule has 1 nitrogen and oxygen atoms in total. The average Bonchev–Trinajstić information content (AvgIpc) is 1.65. The summed E-state index contributed by atoms with van der Waals surface area (Å²) < 4.78 is 0. The average molecular weight is 85.0 g/mol. The molecule has 0 saturated carbocycles. The molecule has 0 saturated heterocycles. The molecule has 36 valence electrons. The summed E-state index contributed by atoms with van der Waals surface area (Å²) in [7, 11) is 4.15. The summed E-state index contributed by atoms with van der Waals surface area (Å²) in [5.74, 6) is 0.685. The Morgan fingerprint density at radius 1 is 1.83 bits per heavy atom. The second-order valence-corrected chi connectivity index (χ2v) is 1.60. The van der Waals surface area contributed by atoms with Crippen molar-refractivity contribution in [3.8, 4) is 0 Å². The third-order valence-corrected chi connectivity index (χ3v) is 1.11. The predicted molar refractivity (Wildman–Crippen MR) is 31.7 cm³/mol. The summed E-state index contributed by atoms with van der Waals surface area (Å²) in [6.07, 6.45) is 1.22. The molecule has 0 aliphatic carbocycles. The molecule has 6 heavy (non-hydrogen) atoms. The maximum Gasteiger partial charge on any atom is 0.123 e. The summed E-state index contributed by atoms with van der Waals surface area (Å²) in [6, 6.07) is 0. The molecular formula is C4H12BN. The Kier molecular flexibility index (Phi) is 3.24. The van der Waals surface area contributed by atoms with Crippen LogP contribution < -0.4 is 5.32 Å². The number of hydrogen-bond donors (Lipinski definition) is 1. The van der Waals surface area contributed by atoms with Crippen LogP contribution in [0.2, 0.25) is 0 Å². The molecule has 0 radical (unpaired) electrons. The first-order valence-electron chi connectivity index (χ1n) is 2.48. The summed E-state index contributed by atoms with van der Waals surface area (Å²) in [4.78, 5) is 0. The van der Waals surface area contributed by atoms with Gasteiger partial charge in [0.25, 0.3) is 0 Å². The summed E-state index contributed by atoms with van der Waals surface area (Å²) in [5.41, 5.74) is 0. The lowest BCUT2D eigenvalue weighted by Crippen LogP contribution is -2.23. The lowest BCUT2D eigenvalue weighted by molar-refractivity contribution is 0.706. The van der Waals surface area contributed by atoms with Crippen molar-refractivity contribution in [2.75, 3.05) is 7.05 Å². The number of hydrogen-bond acceptors (Lipinski definition) is 1. The molecule has 1 N–H and O–H groups in total. The third-order valence-electron chi connectivity index (χ3n) is 1.11. The molecular weight excluding hydrogens is 72.9 g/mol. The fourth-order valence-corrected chi connectivity index (χ4v) is 0.204. The molecule has 0 spiro atoms. The van der Waals surface area contributed by atoms with Gasteiger partial charge in [-0.05, 0) is 19.4 Å². The molecule has 0 amide bonds. The molecule has 1 unspecified atom stereocenters. The zero-order valence-electron chi connectivity index (χ0n) is 4.78. The molecule has 0 rings (SSSR count). The van der Waals surface area contributed by atoms with Gasteiger partial charge in [0.05, 0.1) is 0 Å². The van der Waals surface area contributed by atoms with Gasteiger partial charge in [0.2, 0.25) is 0 Å². The molecule has 0 aromatic rings. The minimum absolute atomic E-state index is 0.685. The highest BCUT2D eigenvalue weighted by Gasteiger charge is 1.87. The van der Waals surface area contributed by atoms with Gasteiger partial charge in [-0.2, -0.15) is 0 Å². The smallest absolute Gasteiger partial charge is 0.123 e. The minimum Gasteiger partial charge on any atom is -0.325 e. The van der Waals surface area contributed by atoms with Crippen LogP contribution >= 0.6 is 0 Å². The maximum atomic E-state index is 3.11. The van der Waals surface area contributed by atoms with E-state index in [1.165, 1.54) is 6.42 Å². The van der Waals surface area contributed by atoms with Gasteiger partial charge in [0, 0.05) is 0 Å². The van der Waals surface area contributed by atoms with Gasteiger partial charge in [-0.1, -0.05) is 6.92 Å². The molecule has 0 aliphatic heterocycles. The zero-order chi connectivity index (χ0) is 4.99. The van der Waals surface area contributed by atoms with Crippen LogP contribution in [0.1, 0.15) is 13.3 Å². The monoisotopic (exact) mass is 85.1 g/mol. The lowest BCUT2D eigenvalue weighted by Gasteiger charge is -2.02. The van der Waals surface area contributed by atoms with Crippen molar-refractivity contribution in [3.05, 3.63) is 0 Å². The van der Waals surface area contributed by atoms with Crippen molar-refractivity contribution in [1.82, 2.24) is 5.32 Å². The van der Waals surface area contributed by atoms with Crippen molar-refractivity contribution < 1.29 is 0 Å². The van der Waals surface area contributed by atoms with E-state index in [0.717, 1.165) is 0 Å². The van der Waals surface area contributed by atoms with E-state index in [1.54, 1.807) is 0 Å². The van der Waals surface area contributed by atoms with Crippen LogP contribution in [-0.2, 0) is 0 Å². The molecule has 0 aromatic heterocycles. The van der Waals surface area contributed by atoms with Gasteiger partial charge in [0.15, 0.2) is 0 Å². The summed E-state index contributed by atoms with van der Waals surface area (Å²) in [6.45, 7) is 2.17. The van der Waals surface area contributed by atoms with Crippen LogP contribution in [0.15, 0.2) is 0 Å². The molecule has 2 heteroatoms. The Morgan fingerprint density at radius 3 is 2.33 bits per heavy atom. The Bertz CT molecular complexity index is 26.7. The predicted octanol–water partition coefficient (Wildman–Crippen LogP) is -0.425. The van der Waals surface area contributed by atoms with E-state index in [0.29, 0.717) is 5.94 Å². The van der Waals surface area contributed by atoms with Gasteiger partial charge >= 0.3 is 0 Å². The lowest BCUT2D eigenvalue weighted by atomic mass is 9.95. The minimum atomic E-state index is 0.685. The zero-order valence-corrected chi connectivity index (χ0v) is 4.78. The summed E-state index contributed by atoms with van der Waals surface area (Å²) in [5, 5.41) is 3.11. The first-order valence-corrected chi connectivity index (χ1v) is 2.48. The molecule has 0 aliphatic rings. The van der Waals surface area contributed by atoms with E-state index in [2.05, 4.69) is 20.1 Å². The Labute approximate surface area is 40.5 Å². The number of nitrogens with one attached hydrogen (secondary N) is 1. The van der Waals surface area contributed by atoms with Crippen LogP contribution in [0.3, 0.4) is 0 Å². The normalized spacial score (nSPS) is 14.3. The van der Waals surface area contributed by atoms with Crippen molar-refractivity contribution in [2.45, 2.75) is 19.3 Å². The Morgan fingerprint density at radius 2 is 2.33 bits per heavy atom.